The molecule has 0 saturated carbocycles. The lowest BCUT2D eigenvalue weighted by Gasteiger charge is -2.17. The molecule has 0 aromatic heterocycles. The van der Waals surface area contributed by atoms with Crippen molar-refractivity contribution in [3.63, 3.8) is 0 Å². The summed E-state index contributed by atoms with van der Waals surface area (Å²) >= 11 is 0. The maximum Gasteiger partial charge on any atom is 0.234 e. The molecule has 1 saturated heterocycles. The number of carbonyl (C=O) groups is 2. The van der Waals surface area contributed by atoms with Gasteiger partial charge in [-0.2, -0.15) is 0 Å². The topological polar surface area (TPSA) is 46.2 Å². The molecule has 0 spiro atoms. The maximum atomic E-state index is 11.6. The molecular weight excluding hydrogens is 214 g/mol. The highest BCUT2D eigenvalue weighted by atomic mass is 16.2. The molecule has 88 valence electrons. The van der Waals surface area contributed by atoms with Gasteiger partial charge in [-0.3, -0.25) is 14.9 Å². The first kappa shape index (κ1) is 10.5. The van der Waals surface area contributed by atoms with E-state index in [1.54, 1.807) is 0 Å². The zero-order valence-corrected chi connectivity index (χ0v) is 9.66. The van der Waals surface area contributed by atoms with Crippen molar-refractivity contribution in [2.24, 2.45) is 0 Å². The second-order valence-electron chi connectivity index (χ2n) is 4.90. The van der Waals surface area contributed by atoms with E-state index < -0.39 is 0 Å². The molecule has 1 aromatic rings. The Kier molecular flexibility index (Phi) is 2.46. The standard InChI is InChI=1S/C14H15NO2/c16-13-8-12(14(17)15-13)11-6-5-9-3-1-2-4-10(9)7-11/h5-7,12H,1-4,8H2,(H,15,16,17). The predicted molar refractivity (Wildman–Crippen MR) is 63.6 cm³/mol. The predicted octanol–water partition coefficient (Wildman–Crippen LogP) is 1.70. The molecule has 0 radical (unpaired) electrons. The number of nitrogens with one attached hydrogen (secondary N) is 1. The van der Waals surface area contributed by atoms with E-state index in [0.29, 0.717) is 6.42 Å². The lowest BCUT2D eigenvalue weighted by Crippen LogP contribution is -2.21. The Labute approximate surface area is 100 Å². The van der Waals surface area contributed by atoms with Gasteiger partial charge in [-0.1, -0.05) is 18.2 Å². The maximum absolute atomic E-state index is 11.6. The van der Waals surface area contributed by atoms with Gasteiger partial charge in [0.1, 0.15) is 0 Å². The van der Waals surface area contributed by atoms with Crippen molar-refractivity contribution in [3.8, 4) is 0 Å². The average molecular weight is 229 g/mol. The molecule has 1 atom stereocenters. The van der Waals surface area contributed by atoms with E-state index in [9.17, 15) is 9.59 Å². The van der Waals surface area contributed by atoms with Crippen LogP contribution in [-0.4, -0.2) is 11.8 Å². The van der Waals surface area contributed by atoms with Gasteiger partial charge < -0.3 is 0 Å². The van der Waals surface area contributed by atoms with Gasteiger partial charge in [0.25, 0.3) is 0 Å². The van der Waals surface area contributed by atoms with Crippen LogP contribution in [0.4, 0.5) is 0 Å². The largest absolute Gasteiger partial charge is 0.296 e. The third-order valence-corrected chi connectivity index (χ3v) is 3.74. The molecule has 3 rings (SSSR count). The van der Waals surface area contributed by atoms with E-state index in [2.05, 4.69) is 17.4 Å². The van der Waals surface area contributed by atoms with E-state index in [-0.39, 0.29) is 17.7 Å². The Hall–Kier alpha value is -1.64. The van der Waals surface area contributed by atoms with Crippen molar-refractivity contribution in [2.45, 2.75) is 38.0 Å². The number of amides is 2. The zero-order valence-electron chi connectivity index (χ0n) is 9.66. The average Bonchev–Trinajstić information content (AvgIpc) is 2.68. The first-order valence-corrected chi connectivity index (χ1v) is 6.19. The van der Waals surface area contributed by atoms with Crippen molar-refractivity contribution in [1.82, 2.24) is 5.32 Å². The molecular formula is C14H15NO2. The number of imide groups is 1. The van der Waals surface area contributed by atoms with E-state index >= 15 is 0 Å². The van der Waals surface area contributed by atoms with E-state index in [1.165, 1.54) is 24.0 Å². The second kappa shape index (κ2) is 3.99. The molecule has 2 amide bonds. The summed E-state index contributed by atoms with van der Waals surface area (Å²) in [6, 6.07) is 6.25. The van der Waals surface area contributed by atoms with Gasteiger partial charge in [-0.25, -0.2) is 0 Å². The van der Waals surface area contributed by atoms with Gasteiger partial charge in [0.15, 0.2) is 0 Å². The highest BCUT2D eigenvalue weighted by Gasteiger charge is 2.32. The van der Waals surface area contributed by atoms with Crippen LogP contribution >= 0.6 is 0 Å². The van der Waals surface area contributed by atoms with Crippen molar-refractivity contribution in [2.75, 3.05) is 0 Å². The van der Waals surface area contributed by atoms with Gasteiger partial charge >= 0.3 is 0 Å². The Bertz CT molecular complexity index is 493. The summed E-state index contributed by atoms with van der Waals surface area (Å²) in [4.78, 5) is 22.8. The van der Waals surface area contributed by atoms with Crippen molar-refractivity contribution in [3.05, 3.63) is 34.9 Å². The van der Waals surface area contributed by atoms with Crippen molar-refractivity contribution in [1.29, 1.82) is 0 Å². The number of hydrogen-bond acceptors (Lipinski definition) is 2. The van der Waals surface area contributed by atoms with Crippen LogP contribution in [-0.2, 0) is 22.4 Å². The van der Waals surface area contributed by atoms with Gasteiger partial charge in [0, 0.05) is 6.42 Å². The fourth-order valence-electron chi connectivity index (χ4n) is 2.79. The van der Waals surface area contributed by atoms with Gasteiger partial charge in [0.2, 0.25) is 11.8 Å². The van der Waals surface area contributed by atoms with E-state index in [4.69, 9.17) is 0 Å². The monoisotopic (exact) mass is 229 g/mol. The van der Waals surface area contributed by atoms with Crippen LogP contribution in [0.5, 0.6) is 0 Å². The fourth-order valence-corrected chi connectivity index (χ4v) is 2.79. The lowest BCUT2D eigenvalue weighted by atomic mass is 9.87. The molecule has 17 heavy (non-hydrogen) atoms. The van der Waals surface area contributed by atoms with Gasteiger partial charge in [-0.05, 0) is 42.4 Å². The van der Waals surface area contributed by atoms with Crippen LogP contribution in [0.2, 0.25) is 0 Å². The summed E-state index contributed by atoms with van der Waals surface area (Å²) in [7, 11) is 0. The normalized spacial score (nSPS) is 23.4. The third kappa shape index (κ3) is 1.86. The number of rotatable bonds is 1. The van der Waals surface area contributed by atoms with Crippen LogP contribution in [0.25, 0.3) is 0 Å². The van der Waals surface area contributed by atoms with Crippen molar-refractivity contribution < 1.29 is 9.59 Å². The summed E-state index contributed by atoms with van der Waals surface area (Å²) < 4.78 is 0. The summed E-state index contributed by atoms with van der Waals surface area (Å²) in [5.74, 6) is -0.571. The first-order valence-electron chi connectivity index (χ1n) is 6.19. The Morgan fingerprint density at radius 1 is 1.06 bits per heavy atom. The van der Waals surface area contributed by atoms with E-state index in [1.807, 2.05) is 6.07 Å². The number of carbonyl (C=O) groups excluding carboxylic acids is 2. The highest BCUT2D eigenvalue weighted by molar-refractivity contribution is 6.06. The fraction of sp³-hybridized carbons (Fsp3) is 0.429. The SMILES string of the molecule is O=C1CC(c2ccc3c(c2)CCCC3)C(=O)N1. The molecule has 1 aliphatic carbocycles. The minimum atomic E-state index is -0.269. The minimum Gasteiger partial charge on any atom is -0.296 e. The van der Waals surface area contributed by atoms with E-state index in [0.717, 1.165) is 18.4 Å². The molecule has 1 fully saturated rings. The number of aryl methyl sites for hydroxylation is 2. The Morgan fingerprint density at radius 2 is 1.82 bits per heavy atom. The summed E-state index contributed by atoms with van der Waals surface area (Å²) in [6.45, 7) is 0. The van der Waals surface area contributed by atoms with Crippen molar-refractivity contribution >= 4 is 11.8 Å². The third-order valence-electron chi connectivity index (χ3n) is 3.74. The molecule has 1 aromatic carbocycles. The molecule has 2 aliphatic rings. The lowest BCUT2D eigenvalue weighted by molar-refractivity contribution is -0.125. The molecule has 0 bridgehead atoms. The van der Waals surface area contributed by atoms with Crippen LogP contribution in [0.1, 0.15) is 41.9 Å². The van der Waals surface area contributed by atoms with Crippen LogP contribution in [0, 0.1) is 0 Å². The highest BCUT2D eigenvalue weighted by Crippen LogP contribution is 2.29. The summed E-state index contributed by atoms with van der Waals surface area (Å²) in [6.07, 6.45) is 5.04. The van der Waals surface area contributed by atoms with Gasteiger partial charge in [-0.15, -0.1) is 0 Å². The molecule has 1 heterocycles. The van der Waals surface area contributed by atoms with Crippen LogP contribution in [0.15, 0.2) is 18.2 Å². The summed E-state index contributed by atoms with van der Waals surface area (Å²) in [5.41, 5.74) is 3.76. The van der Waals surface area contributed by atoms with Gasteiger partial charge in [0.05, 0.1) is 5.92 Å². The number of fused-ring (bicyclic) bond motifs is 1. The minimum absolute atomic E-state index is 0.147. The molecule has 3 heteroatoms. The number of benzene rings is 1. The van der Waals surface area contributed by atoms with Crippen LogP contribution in [0.3, 0.4) is 0 Å². The Morgan fingerprint density at radius 3 is 2.53 bits per heavy atom. The quantitative estimate of drug-likeness (QED) is 0.745. The molecule has 1 N–H and O–H groups in total. The first-order chi connectivity index (χ1) is 8.24. The Balaban J connectivity index is 1.93. The molecule has 1 aliphatic heterocycles. The molecule has 3 nitrogen and oxygen atoms in total. The van der Waals surface area contributed by atoms with Crippen LogP contribution < -0.4 is 5.32 Å². The smallest absolute Gasteiger partial charge is 0.234 e. The summed E-state index contributed by atoms with van der Waals surface area (Å²) in [5, 5.41) is 2.37. The molecule has 1 unspecified atom stereocenters. The second-order valence-corrected chi connectivity index (χ2v) is 4.90. The zero-order chi connectivity index (χ0) is 11.8. The number of hydrogen-bond donors (Lipinski definition) is 1.